The Hall–Kier alpha value is -2.70. The van der Waals surface area contributed by atoms with Crippen LogP contribution in [0.4, 0.5) is 8.78 Å². The number of ketones is 1. The molecule has 2 aromatic rings. The van der Waals surface area contributed by atoms with E-state index in [4.69, 9.17) is 0 Å². The van der Waals surface area contributed by atoms with Gasteiger partial charge in [-0.05, 0) is 101 Å². The molecule has 0 aliphatic carbocycles. The summed E-state index contributed by atoms with van der Waals surface area (Å²) in [6, 6.07) is 15.7. The van der Waals surface area contributed by atoms with E-state index in [1.54, 1.807) is 13.8 Å². The second-order valence-electron chi connectivity index (χ2n) is 11.9. The summed E-state index contributed by atoms with van der Waals surface area (Å²) in [4.78, 5) is 18.3. The molecule has 0 spiro atoms. The highest BCUT2D eigenvalue weighted by Crippen LogP contribution is 2.39. The van der Waals surface area contributed by atoms with Crippen LogP contribution >= 0.6 is 15.9 Å². The van der Waals surface area contributed by atoms with Crippen molar-refractivity contribution in [3.63, 3.8) is 0 Å². The van der Waals surface area contributed by atoms with Gasteiger partial charge in [0.25, 0.3) is 5.92 Å². The van der Waals surface area contributed by atoms with Gasteiger partial charge in [0.15, 0.2) is 5.78 Å². The Bertz CT molecular complexity index is 1280. The second-order valence-corrected chi connectivity index (χ2v) is 13.2. The molecule has 0 radical (unpaired) electrons. The summed E-state index contributed by atoms with van der Waals surface area (Å²) in [5, 5.41) is 0. The Morgan fingerprint density at radius 3 is 1.88 bits per heavy atom. The zero-order valence-corrected chi connectivity index (χ0v) is 35.3. The molecular formula is C44H69BrF2N2O. The Balaban J connectivity index is 0. The van der Waals surface area contributed by atoms with Crippen molar-refractivity contribution in [1.82, 2.24) is 4.90 Å². The topological polar surface area (TPSA) is 32.7 Å². The van der Waals surface area contributed by atoms with Crippen LogP contribution in [0.25, 0.3) is 0 Å². The van der Waals surface area contributed by atoms with Gasteiger partial charge in [-0.3, -0.25) is 14.7 Å². The number of nitrogens with zero attached hydrogens (tertiary/aromatic N) is 2. The molecule has 282 valence electrons. The van der Waals surface area contributed by atoms with Crippen LogP contribution in [0.2, 0.25) is 0 Å². The van der Waals surface area contributed by atoms with Crippen LogP contribution in [-0.2, 0) is 0 Å². The van der Waals surface area contributed by atoms with Crippen LogP contribution < -0.4 is 0 Å². The van der Waals surface area contributed by atoms with Crippen molar-refractivity contribution in [2.75, 3.05) is 19.6 Å². The fraction of sp³-hybridized carbons (Fsp3) is 0.545. The number of likely N-dealkylation sites (tertiary alicyclic amines) is 1. The van der Waals surface area contributed by atoms with Gasteiger partial charge in [0.05, 0.1) is 0 Å². The standard InChI is InChI=1S/C24H31BrN2O.C14H20F2.3C2H6/c1-18(5-6-20(3)26-14-11-19(2)25)17-27-15-12-24(13-16-27)23-9-7-22(8-10-23)21(4)28;1-4-6-13(14(15,16)5-2)12-9-7-11(3)8-10-12;3*1-2/h5-11,14,24H,12-13,15-17H2,1-4H3;7-10,13H,4-6H2,1-3H3;3*1-2H3/b18-5+,19-11+,20-6+,26-14-;;;;. The SMILES string of the molecule is CC.CC.CC.CC(=O)c1ccc(C2CCN(C/C(C)=C/C=C(C)/N=C\C=C(/C)Br)CC2)cc1.CCCC(c1ccc(C)cc1)C(F)(F)CC. The van der Waals surface area contributed by atoms with Crippen LogP contribution in [0.1, 0.15) is 154 Å². The molecule has 2 aromatic carbocycles. The average Bonchev–Trinajstić information content (AvgIpc) is 3.13. The maximum Gasteiger partial charge on any atom is 0.254 e. The third-order valence-corrected chi connectivity index (χ3v) is 8.34. The monoisotopic (exact) mass is 758 g/mol. The summed E-state index contributed by atoms with van der Waals surface area (Å²) >= 11 is 3.39. The van der Waals surface area contributed by atoms with Crippen molar-refractivity contribution in [3.05, 3.63) is 105 Å². The average molecular weight is 760 g/mol. The summed E-state index contributed by atoms with van der Waals surface area (Å²) in [7, 11) is 0. The van der Waals surface area contributed by atoms with E-state index < -0.39 is 11.8 Å². The highest BCUT2D eigenvalue weighted by atomic mass is 79.9. The highest BCUT2D eigenvalue weighted by molar-refractivity contribution is 9.11. The Labute approximate surface area is 314 Å². The van der Waals surface area contributed by atoms with E-state index >= 15 is 0 Å². The lowest BCUT2D eigenvalue weighted by atomic mass is 9.87. The van der Waals surface area contributed by atoms with Crippen LogP contribution in [0.3, 0.4) is 0 Å². The number of halogens is 3. The van der Waals surface area contributed by atoms with Crippen molar-refractivity contribution < 1.29 is 13.6 Å². The summed E-state index contributed by atoms with van der Waals surface area (Å²) < 4.78 is 28.6. The van der Waals surface area contributed by atoms with E-state index in [0.717, 1.165) is 52.9 Å². The number of carbonyl (C=O) groups excluding carboxylic acids is 1. The zero-order chi connectivity index (χ0) is 38.7. The first-order valence-electron chi connectivity index (χ1n) is 18.8. The molecule has 50 heavy (non-hydrogen) atoms. The number of aryl methyl sites for hydroxylation is 1. The molecule has 0 amide bonds. The van der Waals surface area contributed by atoms with Crippen molar-refractivity contribution in [2.24, 2.45) is 4.99 Å². The minimum atomic E-state index is -2.59. The number of rotatable bonds is 12. The largest absolute Gasteiger partial charge is 0.299 e. The summed E-state index contributed by atoms with van der Waals surface area (Å²) in [6.07, 6.45) is 11.6. The Morgan fingerprint density at radius 2 is 1.42 bits per heavy atom. The number of hydrogen-bond donors (Lipinski definition) is 0. The maximum atomic E-state index is 13.8. The quantitative estimate of drug-likeness (QED) is 0.123. The molecule has 0 bridgehead atoms. The van der Waals surface area contributed by atoms with Crippen LogP contribution in [0.15, 0.2) is 87.5 Å². The van der Waals surface area contributed by atoms with Crippen molar-refractivity contribution in [1.29, 1.82) is 0 Å². The molecule has 1 unspecified atom stereocenters. The predicted molar refractivity (Wildman–Crippen MR) is 222 cm³/mol. The van der Waals surface area contributed by atoms with Crippen molar-refractivity contribution >= 4 is 27.9 Å². The Kier molecular flexibility index (Phi) is 28.6. The fourth-order valence-electron chi connectivity index (χ4n) is 5.34. The number of Topliss-reactive ketones (excluding diaryl/α,β-unsaturated/α-hetero) is 1. The second kappa shape index (κ2) is 28.9. The molecule has 1 fully saturated rings. The lowest BCUT2D eigenvalue weighted by Crippen LogP contribution is -2.34. The lowest BCUT2D eigenvalue weighted by molar-refractivity contribution is -0.0340. The van der Waals surface area contributed by atoms with Gasteiger partial charge in [-0.25, -0.2) is 8.78 Å². The van der Waals surface area contributed by atoms with E-state index in [0.29, 0.717) is 12.3 Å². The minimum absolute atomic E-state index is 0.0917. The number of aliphatic imine (C=N–C) groups is 1. The third-order valence-electron chi connectivity index (χ3n) is 8.08. The van der Waals surface area contributed by atoms with Crippen molar-refractivity contribution in [3.8, 4) is 0 Å². The number of allylic oxidation sites excluding steroid dienone is 5. The Morgan fingerprint density at radius 1 is 0.880 bits per heavy atom. The normalized spacial score (nSPS) is 14.9. The number of carbonyl (C=O) groups is 1. The smallest absolute Gasteiger partial charge is 0.254 e. The lowest BCUT2D eigenvalue weighted by Gasteiger charge is -2.32. The summed E-state index contributed by atoms with van der Waals surface area (Å²) in [6.45, 7) is 28.5. The first-order valence-corrected chi connectivity index (χ1v) is 19.6. The van der Waals surface area contributed by atoms with Gasteiger partial charge in [-0.2, -0.15) is 0 Å². The third kappa shape index (κ3) is 20.2. The van der Waals surface area contributed by atoms with E-state index in [1.165, 1.54) is 24.0 Å². The van der Waals surface area contributed by atoms with Crippen LogP contribution in [-0.4, -0.2) is 42.5 Å². The molecule has 0 aromatic heterocycles. The molecule has 1 aliphatic heterocycles. The number of hydrogen-bond acceptors (Lipinski definition) is 3. The number of alkyl halides is 2. The number of piperidine rings is 1. The van der Waals surface area contributed by atoms with Gasteiger partial charge < -0.3 is 0 Å². The molecule has 3 nitrogen and oxygen atoms in total. The molecule has 1 saturated heterocycles. The first-order chi connectivity index (χ1) is 23.9. The van der Waals surface area contributed by atoms with Gasteiger partial charge in [0.1, 0.15) is 0 Å². The van der Waals surface area contributed by atoms with Gasteiger partial charge in [-0.1, -0.05) is 143 Å². The van der Waals surface area contributed by atoms with E-state index in [-0.39, 0.29) is 12.2 Å². The van der Waals surface area contributed by atoms with Crippen LogP contribution in [0.5, 0.6) is 0 Å². The first kappa shape index (κ1) is 49.4. The molecule has 0 saturated carbocycles. The van der Waals surface area contributed by atoms with Crippen LogP contribution in [0, 0.1) is 6.92 Å². The minimum Gasteiger partial charge on any atom is -0.299 e. The molecule has 0 N–H and O–H groups in total. The molecular weight excluding hydrogens is 690 g/mol. The zero-order valence-electron chi connectivity index (χ0n) is 33.7. The van der Waals surface area contributed by atoms with Crippen molar-refractivity contribution in [2.45, 2.75) is 140 Å². The van der Waals surface area contributed by atoms with Gasteiger partial charge in [0.2, 0.25) is 0 Å². The molecule has 3 rings (SSSR count). The van der Waals surface area contributed by atoms with E-state index in [2.05, 4.69) is 57.0 Å². The maximum absolute atomic E-state index is 13.8. The van der Waals surface area contributed by atoms with E-state index in [1.807, 2.05) is 118 Å². The summed E-state index contributed by atoms with van der Waals surface area (Å²) in [5.41, 5.74) is 6.38. The molecule has 6 heteroatoms. The summed E-state index contributed by atoms with van der Waals surface area (Å²) in [5.74, 6) is -2.49. The number of benzene rings is 2. The molecule has 1 heterocycles. The molecule has 1 aliphatic rings. The van der Waals surface area contributed by atoms with Gasteiger partial charge in [-0.15, -0.1) is 0 Å². The molecule has 1 atom stereocenters. The highest BCUT2D eigenvalue weighted by Gasteiger charge is 2.37. The van der Waals surface area contributed by atoms with Gasteiger partial charge >= 0.3 is 0 Å². The van der Waals surface area contributed by atoms with Gasteiger partial charge in [0, 0.05) is 36.4 Å². The van der Waals surface area contributed by atoms with E-state index in [9.17, 15) is 13.6 Å². The fourth-order valence-corrected chi connectivity index (χ4v) is 5.46. The predicted octanol–water partition coefficient (Wildman–Crippen LogP) is 14.3.